The number of rotatable bonds is 6. The second-order valence-corrected chi connectivity index (χ2v) is 4.51. The molecule has 22 heavy (non-hydrogen) atoms. The van der Waals surface area contributed by atoms with Crippen molar-refractivity contribution in [2.45, 2.75) is 20.8 Å². The summed E-state index contributed by atoms with van der Waals surface area (Å²) in [5.41, 5.74) is 7.32. The van der Waals surface area contributed by atoms with E-state index in [1.165, 1.54) is 18.2 Å². The summed E-state index contributed by atoms with van der Waals surface area (Å²) in [4.78, 5) is 0. The normalized spacial score (nSPS) is 13.8. The Morgan fingerprint density at radius 2 is 1.68 bits per heavy atom. The van der Waals surface area contributed by atoms with Gasteiger partial charge in [0.2, 0.25) is 0 Å². The molecular weight excluding hydrogens is 282 g/mol. The zero-order chi connectivity index (χ0) is 16.5. The highest BCUT2D eigenvalue weighted by molar-refractivity contribution is 5.75. The molecule has 118 valence electrons. The highest BCUT2D eigenvalue weighted by Crippen LogP contribution is 2.27. The van der Waals surface area contributed by atoms with E-state index in [0.29, 0.717) is 11.3 Å². The summed E-state index contributed by atoms with van der Waals surface area (Å²) in [6.45, 7) is 5.67. The fraction of sp³-hybridized carbons (Fsp3) is 0.222. The number of allylic oxidation sites excluding steroid dienone is 7. The van der Waals surface area contributed by atoms with Gasteiger partial charge in [0.15, 0.2) is 0 Å². The van der Waals surface area contributed by atoms with Crippen molar-refractivity contribution in [2.24, 2.45) is 5.73 Å². The lowest BCUT2D eigenvalue weighted by Gasteiger charge is -2.17. The quantitative estimate of drug-likeness (QED) is 0.608. The van der Waals surface area contributed by atoms with Gasteiger partial charge in [0.1, 0.15) is 11.6 Å². The predicted molar refractivity (Wildman–Crippen MR) is 88.9 cm³/mol. The Morgan fingerprint density at radius 1 is 1.09 bits per heavy atom. The van der Waals surface area contributed by atoms with Crippen LogP contribution >= 0.6 is 0 Å². The molecule has 0 radical (unpaired) electrons. The number of benzene rings is 1. The molecular formula is C18H22F2N2. The second kappa shape index (κ2) is 8.95. The number of halogens is 2. The monoisotopic (exact) mass is 304 g/mol. The molecule has 2 nitrogen and oxygen atoms in total. The van der Waals surface area contributed by atoms with Crippen molar-refractivity contribution in [1.29, 1.82) is 0 Å². The van der Waals surface area contributed by atoms with Crippen LogP contribution in [0.15, 0.2) is 59.7 Å². The van der Waals surface area contributed by atoms with E-state index >= 15 is 0 Å². The highest BCUT2D eigenvalue weighted by Gasteiger charge is 2.17. The first kappa shape index (κ1) is 17.9. The van der Waals surface area contributed by atoms with Crippen molar-refractivity contribution in [2.75, 3.05) is 6.67 Å². The zero-order valence-corrected chi connectivity index (χ0v) is 13.2. The predicted octanol–water partition coefficient (Wildman–Crippen LogP) is 4.28. The molecule has 0 unspecified atom stereocenters. The topological polar surface area (TPSA) is 38.0 Å². The summed E-state index contributed by atoms with van der Waals surface area (Å²) in [5, 5.41) is 2.89. The maximum absolute atomic E-state index is 14.2. The van der Waals surface area contributed by atoms with Crippen molar-refractivity contribution >= 4 is 5.70 Å². The van der Waals surface area contributed by atoms with Gasteiger partial charge >= 0.3 is 0 Å². The second-order valence-electron chi connectivity index (χ2n) is 4.51. The summed E-state index contributed by atoms with van der Waals surface area (Å²) in [5.74, 6) is -1.26. The van der Waals surface area contributed by atoms with Crippen LogP contribution in [0.2, 0.25) is 0 Å². The fourth-order valence-electron chi connectivity index (χ4n) is 2.17. The first-order valence-electron chi connectivity index (χ1n) is 7.15. The maximum atomic E-state index is 14.2. The van der Waals surface area contributed by atoms with E-state index in [2.05, 4.69) is 5.32 Å². The summed E-state index contributed by atoms with van der Waals surface area (Å²) < 4.78 is 28.3. The van der Waals surface area contributed by atoms with E-state index in [1.54, 1.807) is 6.08 Å². The van der Waals surface area contributed by atoms with Gasteiger partial charge in [-0.3, -0.25) is 0 Å². The van der Waals surface area contributed by atoms with E-state index in [9.17, 15) is 8.78 Å². The largest absolute Gasteiger partial charge is 0.372 e. The standard InChI is InChI=1S/C18H22F2N2/c1-4-8-13(6-3)14(9-5-2)18(22-12-21)17-15(19)10-7-11-16(17)20/h4-11,22H,12,21H2,1-3H3/b8-4-,9-5-,13-6+,18-14-. The molecule has 0 aliphatic heterocycles. The van der Waals surface area contributed by atoms with Crippen LogP contribution in [0.4, 0.5) is 8.78 Å². The highest BCUT2D eigenvalue weighted by atomic mass is 19.1. The Kier molecular flexibility index (Phi) is 7.26. The van der Waals surface area contributed by atoms with Crippen molar-refractivity contribution in [1.82, 2.24) is 5.32 Å². The average molecular weight is 304 g/mol. The molecule has 0 fully saturated rings. The lowest BCUT2D eigenvalue weighted by atomic mass is 9.97. The zero-order valence-electron chi connectivity index (χ0n) is 13.2. The molecule has 0 atom stereocenters. The van der Waals surface area contributed by atoms with Gasteiger partial charge in [-0.15, -0.1) is 0 Å². The Morgan fingerprint density at radius 3 is 2.14 bits per heavy atom. The third-order valence-electron chi connectivity index (χ3n) is 3.06. The van der Waals surface area contributed by atoms with E-state index in [-0.39, 0.29) is 12.2 Å². The first-order chi connectivity index (χ1) is 10.6. The number of hydrogen-bond acceptors (Lipinski definition) is 2. The molecule has 0 bridgehead atoms. The Balaban J connectivity index is 3.72. The van der Waals surface area contributed by atoms with E-state index in [0.717, 1.165) is 5.57 Å². The molecule has 1 aromatic rings. The van der Waals surface area contributed by atoms with Gasteiger partial charge in [-0.05, 0) is 38.5 Å². The molecule has 0 spiro atoms. The molecule has 1 rings (SSSR count). The summed E-state index contributed by atoms with van der Waals surface area (Å²) in [7, 11) is 0. The minimum Gasteiger partial charge on any atom is -0.372 e. The van der Waals surface area contributed by atoms with E-state index in [1.807, 2.05) is 45.1 Å². The van der Waals surface area contributed by atoms with Crippen LogP contribution in [0.1, 0.15) is 26.3 Å². The average Bonchev–Trinajstić information content (AvgIpc) is 2.50. The molecule has 0 aromatic heterocycles. The van der Waals surface area contributed by atoms with Crippen molar-refractivity contribution < 1.29 is 8.78 Å². The molecule has 3 N–H and O–H groups in total. The summed E-state index contributed by atoms with van der Waals surface area (Å²) in [6, 6.07) is 3.80. The van der Waals surface area contributed by atoms with Crippen molar-refractivity contribution in [3.05, 3.63) is 76.9 Å². The Hall–Kier alpha value is -2.20. The lowest BCUT2D eigenvalue weighted by molar-refractivity contribution is 0.574. The van der Waals surface area contributed by atoms with Gasteiger partial charge < -0.3 is 11.1 Å². The molecule has 0 heterocycles. The molecule has 0 aliphatic rings. The summed E-state index contributed by atoms with van der Waals surface area (Å²) >= 11 is 0. The minimum atomic E-state index is -0.631. The number of nitrogens with two attached hydrogens (primary N) is 1. The number of hydrogen-bond donors (Lipinski definition) is 2. The van der Waals surface area contributed by atoms with Crippen LogP contribution in [0.25, 0.3) is 5.70 Å². The Labute approximate surface area is 130 Å². The van der Waals surface area contributed by atoms with Crippen molar-refractivity contribution in [3.63, 3.8) is 0 Å². The number of nitrogens with one attached hydrogen (secondary N) is 1. The van der Waals surface area contributed by atoms with Crippen LogP contribution in [-0.2, 0) is 0 Å². The minimum absolute atomic E-state index is 0.0665. The Bertz CT molecular complexity index is 606. The van der Waals surface area contributed by atoms with Crippen LogP contribution in [0, 0.1) is 11.6 Å². The molecule has 0 aliphatic carbocycles. The first-order valence-corrected chi connectivity index (χ1v) is 7.15. The molecule has 0 amide bonds. The van der Waals surface area contributed by atoms with Gasteiger partial charge in [-0.1, -0.05) is 36.4 Å². The van der Waals surface area contributed by atoms with Crippen LogP contribution in [0.5, 0.6) is 0 Å². The van der Waals surface area contributed by atoms with Crippen LogP contribution in [-0.4, -0.2) is 6.67 Å². The fourth-order valence-corrected chi connectivity index (χ4v) is 2.17. The third-order valence-corrected chi connectivity index (χ3v) is 3.06. The van der Waals surface area contributed by atoms with Crippen LogP contribution < -0.4 is 11.1 Å². The molecule has 0 saturated carbocycles. The van der Waals surface area contributed by atoms with Gasteiger partial charge in [0.05, 0.1) is 17.9 Å². The SMILES string of the molecule is C\C=C/C(=C(/NCN)c1c(F)cccc1F)C(/C=C\C)=C/C. The van der Waals surface area contributed by atoms with Gasteiger partial charge in [0.25, 0.3) is 0 Å². The third kappa shape index (κ3) is 4.15. The van der Waals surface area contributed by atoms with Crippen LogP contribution in [0.3, 0.4) is 0 Å². The van der Waals surface area contributed by atoms with E-state index < -0.39 is 11.6 Å². The lowest BCUT2D eigenvalue weighted by Crippen LogP contribution is -2.23. The maximum Gasteiger partial charge on any atom is 0.135 e. The molecule has 4 heteroatoms. The molecule has 1 aromatic carbocycles. The van der Waals surface area contributed by atoms with Crippen molar-refractivity contribution in [3.8, 4) is 0 Å². The molecule has 0 saturated heterocycles. The van der Waals surface area contributed by atoms with Gasteiger partial charge in [0, 0.05) is 5.57 Å². The van der Waals surface area contributed by atoms with Gasteiger partial charge in [-0.2, -0.15) is 0 Å². The van der Waals surface area contributed by atoms with E-state index in [4.69, 9.17) is 5.73 Å². The van der Waals surface area contributed by atoms with Gasteiger partial charge in [-0.25, -0.2) is 8.78 Å². The smallest absolute Gasteiger partial charge is 0.135 e. The summed E-state index contributed by atoms with van der Waals surface area (Å²) in [6.07, 6.45) is 9.26.